The van der Waals surface area contributed by atoms with Crippen LogP contribution in [0, 0.1) is 11.3 Å². The van der Waals surface area contributed by atoms with Crippen molar-refractivity contribution in [2.45, 2.75) is 47.0 Å². The second-order valence-electron chi connectivity index (χ2n) is 4.65. The van der Waals surface area contributed by atoms with E-state index in [4.69, 9.17) is 0 Å². The van der Waals surface area contributed by atoms with Crippen molar-refractivity contribution >= 4 is 0 Å². The lowest BCUT2D eigenvalue weighted by Crippen LogP contribution is -2.50. The minimum atomic E-state index is -2.53. The van der Waals surface area contributed by atoms with Gasteiger partial charge in [0, 0.05) is 5.92 Å². The molecule has 86 valence electrons. The Morgan fingerprint density at radius 3 is 2.00 bits per heavy atom. The highest BCUT2D eigenvalue weighted by molar-refractivity contribution is 4.91. The molecule has 0 spiro atoms. The van der Waals surface area contributed by atoms with Gasteiger partial charge in [0.2, 0.25) is 0 Å². The Labute approximate surface area is 86.3 Å². The van der Waals surface area contributed by atoms with E-state index in [-0.39, 0.29) is 12.0 Å². The highest BCUT2D eigenvalue weighted by Gasteiger charge is 2.47. The van der Waals surface area contributed by atoms with Crippen molar-refractivity contribution in [3.8, 4) is 0 Å². The first-order valence-corrected chi connectivity index (χ1v) is 5.42. The second-order valence-corrected chi connectivity index (χ2v) is 4.65. The molecule has 0 bridgehead atoms. The molecule has 1 aliphatic heterocycles. The summed E-state index contributed by atoms with van der Waals surface area (Å²) in [5, 5.41) is 2.73. The van der Waals surface area contributed by atoms with Gasteiger partial charge in [0.05, 0.1) is 6.54 Å². The largest absolute Gasteiger partial charge is 0.311 e. The summed E-state index contributed by atoms with van der Waals surface area (Å²) in [6.45, 7) is 10.2. The van der Waals surface area contributed by atoms with Crippen molar-refractivity contribution in [3.05, 3.63) is 0 Å². The number of rotatable bonds is 0. The fraction of sp³-hybridized carbons (Fsp3) is 1.00. The summed E-state index contributed by atoms with van der Waals surface area (Å²) in [6, 6.07) is 0. The van der Waals surface area contributed by atoms with Crippen LogP contribution in [0.3, 0.4) is 0 Å². The summed E-state index contributed by atoms with van der Waals surface area (Å²) in [5.74, 6) is -3.01. The van der Waals surface area contributed by atoms with Gasteiger partial charge < -0.3 is 5.32 Å². The molecule has 1 nitrogen and oxygen atoms in total. The van der Waals surface area contributed by atoms with Crippen LogP contribution in [0.2, 0.25) is 0 Å². The van der Waals surface area contributed by atoms with Crippen LogP contribution in [0.15, 0.2) is 0 Å². The number of nitrogens with one attached hydrogen (secondary N) is 1. The van der Waals surface area contributed by atoms with E-state index in [0.717, 1.165) is 6.54 Å². The molecule has 1 unspecified atom stereocenters. The monoisotopic (exact) mass is 207 g/mol. The molecule has 0 saturated carbocycles. The van der Waals surface area contributed by atoms with E-state index >= 15 is 0 Å². The van der Waals surface area contributed by atoms with Crippen molar-refractivity contribution in [1.82, 2.24) is 5.32 Å². The molecule has 0 aromatic rings. The number of piperidine rings is 1. The maximum absolute atomic E-state index is 13.3. The quantitative estimate of drug-likeness (QED) is 0.642. The average Bonchev–Trinajstić information content (AvgIpc) is 2.04. The van der Waals surface area contributed by atoms with Gasteiger partial charge in [-0.3, -0.25) is 0 Å². The summed E-state index contributed by atoms with van der Waals surface area (Å²) >= 11 is 0. The lowest BCUT2D eigenvalue weighted by Gasteiger charge is -2.40. The summed E-state index contributed by atoms with van der Waals surface area (Å²) in [4.78, 5) is 0. The predicted molar refractivity (Wildman–Crippen MR) is 56.7 cm³/mol. The van der Waals surface area contributed by atoms with Gasteiger partial charge in [0.25, 0.3) is 5.92 Å². The highest BCUT2D eigenvalue weighted by Crippen LogP contribution is 2.41. The SMILES string of the molecule is CC.CC(C)(C)C1CCNCC1(F)F. The maximum Gasteiger partial charge on any atom is 0.263 e. The fourth-order valence-electron chi connectivity index (χ4n) is 1.90. The van der Waals surface area contributed by atoms with Crippen LogP contribution in [0.4, 0.5) is 8.78 Å². The molecule has 0 aromatic heterocycles. The molecule has 0 amide bonds. The molecule has 0 radical (unpaired) electrons. The van der Waals surface area contributed by atoms with E-state index < -0.39 is 11.8 Å². The Hall–Kier alpha value is -0.180. The first-order valence-electron chi connectivity index (χ1n) is 5.42. The van der Waals surface area contributed by atoms with Gasteiger partial charge in [-0.05, 0) is 18.4 Å². The Morgan fingerprint density at radius 2 is 1.71 bits per heavy atom. The van der Waals surface area contributed by atoms with Gasteiger partial charge in [0.1, 0.15) is 0 Å². The zero-order valence-electron chi connectivity index (χ0n) is 9.95. The van der Waals surface area contributed by atoms with Gasteiger partial charge in [0.15, 0.2) is 0 Å². The molecule has 3 heteroatoms. The van der Waals surface area contributed by atoms with Crippen LogP contribution in [0.25, 0.3) is 0 Å². The molecular weight excluding hydrogens is 184 g/mol. The standard InChI is InChI=1S/C9H17F2N.C2H6/c1-8(2,3)7-4-5-12-6-9(7,10)11;1-2/h7,12H,4-6H2,1-3H3;1-2H3. The van der Waals surface area contributed by atoms with Crippen LogP contribution >= 0.6 is 0 Å². The van der Waals surface area contributed by atoms with Crippen LogP contribution in [-0.2, 0) is 0 Å². The van der Waals surface area contributed by atoms with E-state index in [9.17, 15) is 8.78 Å². The smallest absolute Gasteiger partial charge is 0.263 e. The molecule has 0 aliphatic carbocycles. The van der Waals surface area contributed by atoms with Crippen molar-refractivity contribution < 1.29 is 8.78 Å². The third-order valence-electron chi connectivity index (χ3n) is 2.53. The van der Waals surface area contributed by atoms with E-state index in [0.29, 0.717) is 6.42 Å². The van der Waals surface area contributed by atoms with Gasteiger partial charge in [-0.15, -0.1) is 0 Å². The molecule has 1 aliphatic rings. The van der Waals surface area contributed by atoms with Crippen LogP contribution in [-0.4, -0.2) is 19.0 Å². The van der Waals surface area contributed by atoms with E-state index in [1.807, 2.05) is 34.6 Å². The second kappa shape index (κ2) is 5.06. The van der Waals surface area contributed by atoms with Gasteiger partial charge >= 0.3 is 0 Å². The predicted octanol–water partition coefficient (Wildman–Crippen LogP) is 3.30. The molecule has 14 heavy (non-hydrogen) atoms. The van der Waals surface area contributed by atoms with E-state index in [1.54, 1.807) is 0 Å². The number of alkyl halides is 2. The minimum absolute atomic E-state index is 0.158. The lowest BCUT2D eigenvalue weighted by molar-refractivity contribution is -0.112. The lowest BCUT2D eigenvalue weighted by atomic mass is 9.73. The summed E-state index contributed by atoms with van der Waals surface area (Å²) in [7, 11) is 0. The number of hydrogen-bond donors (Lipinski definition) is 1. The topological polar surface area (TPSA) is 12.0 Å². The van der Waals surface area contributed by atoms with E-state index in [1.165, 1.54) is 0 Å². The Bertz CT molecular complexity index is 161. The maximum atomic E-state index is 13.3. The van der Waals surface area contributed by atoms with Crippen LogP contribution in [0.5, 0.6) is 0 Å². The van der Waals surface area contributed by atoms with Crippen LogP contribution in [0.1, 0.15) is 41.0 Å². The minimum Gasteiger partial charge on any atom is -0.311 e. The third-order valence-corrected chi connectivity index (χ3v) is 2.53. The van der Waals surface area contributed by atoms with Crippen molar-refractivity contribution in [2.75, 3.05) is 13.1 Å². The average molecular weight is 207 g/mol. The Kier molecular flexibility index (Phi) is 4.99. The molecule has 1 saturated heterocycles. The van der Waals surface area contributed by atoms with Gasteiger partial charge in [-0.2, -0.15) is 0 Å². The molecule has 1 fully saturated rings. The summed E-state index contributed by atoms with van der Waals surface area (Å²) < 4.78 is 26.6. The van der Waals surface area contributed by atoms with Gasteiger partial charge in [-0.1, -0.05) is 34.6 Å². The van der Waals surface area contributed by atoms with Crippen LogP contribution < -0.4 is 5.32 Å². The Balaban J connectivity index is 0.000000791. The van der Waals surface area contributed by atoms with E-state index in [2.05, 4.69) is 5.32 Å². The number of hydrogen-bond acceptors (Lipinski definition) is 1. The third kappa shape index (κ3) is 3.52. The van der Waals surface area contributed by atoms with Crippen molar-refractivity contribution in [1.29, 1.82) is 0 Å². The van der Waals surface area contributed by atoms with Crippen molar-refractivity contribution in [3.63, 3.8) is 0 Å². The number of halogens is 2. The van der Waals surface area contributed by atoms with Gasteiger partial charge in [-0.25, -0.2) is 8.78 Å². The molecule has 1 atom stereocenters. The van der Waals surface area contributed by atoms with Crippen molar-refractivity contribution in [2.24, 2.45) is 11.3 Å². The first kappa shape index (κ1) is 13.8. The summed E-state index contributed by atoms with van der Waals surface area (Å²) in [6.07, 6.45) is 0.580. The highest BCUT2D eigenvalue weighted by atomic mass is 19.3. The normalized spacial score (nSPS) is 26.4. The molecule has 1 N–H and O–H groups in total. The molecular formula is C11H23F2N. The molecule has 1 rings (SSSR count). The molecule has 0 aromatic carbocycles. The summed E-state index contributed by atoms with van der Waals surface area (Å²) in [5.41, 5.74) is -0.286. The zero-order chi connectivity index (χ0) is 11.4. The fourth-order valence-corrected chi connectivity index (χ4v) is 1.90. The zero-order valence-corrected chi connectivity index (χ0v) is 9.95. The molecule has 1 heterocycles. The Morgan fingerprint density at radius 1 is 1.21 bits per heavy atom. The first-order chi connectivity index (χ1) is 6.34.